The molecule has 0 aromatic heterocycles. The van der Waals surface area contributed by atoms with Crippen LogP contribution >= 0.6 is 0 Å². The molecule has 2 aromatic carbocycles. The van der Waals surface area contributed by atoms with Gasteiger partial charge in [-0.15, -0.1) is 0 Å². The van der Waals surface area contributed by atoms with Gasteiger partial charge in [0.05, 0.1) is 17.0 Å². The van der Waals surface area contributed by atoms with Crippen molar-refractivity contribution in [2.24, 2.45) is 0 Å². The minimum absolute atomic E-state index is 0.154. The van der Waals surface area contributed by atoms with E-state index in [1.165, 1.54) is 0 Å². The second kappa shape index (κ2) is 7.02. The highest BCUT2D eigenvalue weighted by molar-refractivity contribution is 5.39. The van der Waals surface area contributed by atoms with Gasteiger partial charge < -0.3 is 16.2 Å². The predicted octanol–water partition coefficient (Wildman–Crippen LogP) is 1.52. The minimum Gasteiger partial charge on any atom is -0.399 e. The highest BCUT2D eigenvalue weighted by atomic mass is 16.7. The molecule has 116 valence electrons. The number of nitrogens with one attached hydrogen (secondary N) is 1. The highest BCUT2D eigenvalue weighted by Crippen LogP contribution is 2.20. The van der Waals surface area contributed by atoms with Crippen molar-refractivity contribution < 1.29 is 10.0 Å². The van der Waals surface area contributed by atoms with E-state index in [1.807, 2.05) is 24.3 Å². The normalized spacial score (nSPS) is 13.5. The van der Waals surface area contributed by atoms with Crippen molar-refractivity contribution in [2.75, 3.05) is 18.8 Å². The fraction of sp³-hybridized carbons (Fsp3) is 0.250. The topological polar surface area (TPSA) is 101 Å². The van der Waals surface area contributed by atoms with Crippen LogP contribution in [0.15, 0.2) is 54.6 Å². The van der Waals surface area contributed by atoms with Crippen molar-refractivity contribution in [1.82, 2.24) is 5.32 Å². The fourth-order valence-corrected chi connectivity index (χ4v) is 2.16. The monoisotopic (exact) mass is 301 g/mol. The van der Waals surface area contributed by atoms with Crippen LogP contribution in [-0.2, 0) is 12.1 Å². The lowest BCUT2D eigenvalue weighted by Gasteiger charge is -2.20. The summed E-state index contributed by atoms with van der Waals surface area (Å²) in [4.78, 5) is 10.6. The number of aliphatic hydroxyl groups is 1. The lowest BCUT2D eigenvalue weighted by atomic mass is 10.0. The van der Waals surface area contributed by atoms with Crippen LogP contribution in [0.4, 0.5) is 5.69 Å². The van der Waals surface area contributed by atoms with Gasteiger partial charge in [-0.25, -0.2) is 0 Å². The first kappa shape index (κ1) is 15.9. The number of nitrogens with zero attached hydrogens (tertiary/aromatic N) is 1. The average molecular weight is 301 g/mol. The molecule has 2 aromatic rings. The zero-order chi connectivity index (χ0) is 16.0. The molecule has 0 aliphatic carbocycles. The summed E-state index contributed by atoms with van der Waals surface area (Å²) in [6.45, 7) is 0.367. The minimum atomic E-state index is -2.12. The number of anilines is 1. The largest absolute Gasteiger partial charge is 0.399 e. The Bertz CT molecular complexity index is 616. The van der Waals surface area contributed by atoms with Crippen LogP contribution < -0.4 is 11.1 Å². The Morgan fingerprint density at radius 2 is 1.77 bits per heavy atom. The molecule has 0 radical (unpaired) electrons. The lowest BCUT2D eigenvalue weighted by molar-refractivity contribution is -0.633. The van der Waals surface area contributed by atoms with Gasteiger partial charge in [0.2, 0.25) is 0 Å². The molecule has 22 heavy (non-hydrogen) atoms. The van der Waals surface area contributed by atoms with Crippen molar-refractivity contribution in [1.29, 1.82) is 0 Å². The number of benzene rings is 2. The number of hydrogen-bond donors (Lipinski definition) is 3. The Labute approximate surface area is 128 Å². The van der Waals surface area contributed by atoms with Crippen LogP contribution in [0.3, 0.4) is 0 Å². The summed E-state index contributed by atoms with van der Waals surface area (Å²) in [5, 5.41) is 24.5. The Morgan fingerprint density at radius 1 is 1.14 bits per heavy atom. The predicted molar refractivity (Wildman–Crippen MR) is 84.8 cm³/mol. The molecular formula is C16H19N3O3. The van der Waals surface area contributed by atoms with Gasteiger partial charge in [0.1, 0.15) is 0 Å². The van der Waals surface area contributed by atoms with Gasteiger partial charge in [-0.1, -0.05) is 30.3 Å². The summed E-state index contributed by atoms with van der Waals surface area (Å²) in [5.74, 6) is 0. The van der Waals surface area contributed by atoms with Gasteiger partial charge in [0, 0.05) is 5.69 Å². The van der Waals surface area contributed by atoms with E-state index in [0.29, 0.717) is 18.7 Å². The summed E-state index contributed by atoms with van der Waals surface area (Å²) in [6.07, 6.45) is 0.697. The van der Waals surface area contributed by atoms with Gasteiger partial charge in [0.25, 0.3) is 0 Å². The maximum Gasteiger partial charge on any atom is 0.361 e. The zero-order valence-corrected chi connectivity index (χ0v) is 12.1. The standard InChI is InChI=1S/C16H19N3O3/c17-15-8-6-13(7-9-15)10-11-18-12-16(20,19(21)22)14-4-2-1-3-5-14/h1-9,18,20H,10-12,17H2. The maximum atomic E-state index is 11.2. The smallest absolute Gasteiger partial charge is 0.361 e. The van der Waals surface area contributed by atoms with Crippen molar-refractivity contribution in [3.63, 3.8) is 0 Å². The second-order valence-corrected chi connectivity index (χ2v) is 5.11. The number of nitrogens with two attached hydrogens (primary N) is 1. The molecule has 0 bridgehead atoms. The summed E-state index contributed by atoms with van der Waals surface area (Å²) in [5.41, 5.74) is 5.53. The molecule has 1 unspecified atom stereocenters. The van der Waals surface area contributed by atoms with Crippen molar-refractivity contribution in [3.8, 4) is 0 Å². The van der Waals surface area contributed by atoms with E-state index in [1.54, 1.807) is 30.3 Å². The first-order valence-electron chi connectivity index (χ1n) is 7.00. The number of nitro groups is 1. The molecule has 0 amide bonds. The maximum absolute atomic E-state index is 11.2. The molecule has 4 N–H and O–H groups in total. The Morgan fingerprint density at radius 3 is 2.36 bits per heavy atom. The van der Waals surface area contributed by atoms with Crippen LogP contribution in [0.2, 0.25) is 0 Å². The molecule has 1 atom stereocenters. The van der Waals surface area contributed by atoms with E-state index in [4.69, 9.17) is 5.73 Å². The second-order valence-electron chi connectivity index (χ2n) is 5.11. The quantitative estimate of drug-likeness (QED) is 0.237. The molecule has 0 saturated carbocycles. The molecule has 0 spiro atoms. The number of nitrogen functional groups attached to an aromatic ring is 1. The van der Waals surface area contributed by atoms with Gasteiger partial charge in [0.15, 0.2) is 0 Å². The van der Waals surface area contributed by atoms with Gasteiger partial charge in [-0.2, -0.15) is 0 Å². The summed E-state index contributed by atoms with van der Waals surface area (Å²) < 4.78 is 0. The Kier molecular flexibility index (Phi) is 5.08. The molecule has 0 heterocycles. The van der Waals surface area contributed by atoms with E-state index in [-0.39, 0.29) is 12.1 Å². The van der Waals surface area contributed by atoms with Crippen molar-refractivity contribution >= 4 is 5.69 Å². The Hall–Kier alpha value is -2.44. The molecular weight excluding hydrogens is 282 g/mol. The highest BCUT2D eigenvalue weighted by Gasteiger charge is 2.41. The fourth-order valence-electron chi connectivity index (χ4n) is 2.16. The molecule has 0 saturated heterocycles. The number of rotatable bonds is 7. The van der Waals surface area contributed by atoms with Crippen LogP contribution in [0, 0.1) is 10.1 Å². The summed E-state index contributed by atoms with van der Waals surface area (Å²) in [6, 6.07) is 15.6. The summed E-state index contributed by atoms with van der Waals surface area (Å²) >= 11 is 0. The van der Waals surface area contributed by atoms with Gasteiger partial charge >= 0.3 is 5.72 Å². The zero-order valence-electron chi connectivity index (χ0n) is 12.1. The van der Waals surface area contributed by atoms with E-state index < -0.39 is 10.6 Å². The molecule has 6 nitrogen and oxygen atoms in total. The molecule has 0 fully saturated rings. The average Bonchev–Trinajstić information content (AvgIpc) is 2.53. The first-order valence-corrected chi connectivity index (χ1v) is 7.00. The van der Waals surface area contributed by atoms with E-state index in [0.717, 1.165) is 5.56 Å². The third-order valence-corrected chi connectivity index (χ3v) is 3.48. The van der Waals surface area contributed by atoms with Crippen LogP contribution in [0.1, 0.15) is 11.1 Å². The van der Waals surface area contributed by atoms with Crippen molar-refractivity contribution in [3.05, 3.63) is 75.8 Å². The Balaban J connectivity index is 1.93. The SMILES string of the molecule is Nc1ccc(CCNCC(O)(c2ccccc2)[N+](=O)[O-])cc1. The molecule has 0 aliphatic rings. The molecule has 0 aliphatic heterocycles. The lowest BCUT2D eigenvalue weighted by Crippen LogP contribution is -2.45. The third kappa shape index (κ3) is 3.81. The van der Waals surface area contributed by atoms with Gasteiger partial charge in [-0.3, -0.25) is 10.1 Å². The first-order chi connectivity index (χ1) is 10.5. The molecule has 2 rings (SSSR count). The van der Waals surface area contributed by atoms with E-state index in [2.05, 4.69) is 5.32 Å². The van der Waals surface area contributed by atoms with Crippen LogP contribution in [0.25, 0.3) is 0 Å². The van der Waals surface area contributed by atoms with Gasteiger partial charge in [-0.05, 0) is 42.8 Å². The van der Waals surface area contributed by atoms with E-state index in [9.17, 15) is 15.2 Å². The van der Waals surface area contributed by atoms with E-state index >= 15 is 0 Å². The van der Waals surface area contributed by atoms with Crippen LogP contribution in [-0.4, -0.2) is 23.1 Å². The third-order valence-electron chi connectivity index (χ3n) is 3.48. The number of hydrogen-bond acceptors (Lipinski definition) is 5. The van der Waals surface area contributed by atoms with Crippen molar-refractivity contribution in [2.45, 2.75) is 12.1 Å². The van der Waals surface area contributed by atoms with Crippen LogP contribution in [0.5, 0.6) is 0 Å². The summed E-state index contributed by atoms with van der Waals surface area (Å²) in [7, 11) is 0. The molecule has 6 heteroatoms.